The van der Waals surface area contributed by atoms with Crippen molar-refractivity contribution in [1.82, 2.24) is 0 Å². The Morgan fingerprint density at radius 1 is 1.27 bits per heavy atom. The van der Waals surface area contributed by atoms with E-state index in [4.69, 9.17) is 9.47 Å². The molecular formula is C13H26O2. The third kappa shape index (κ3) is 6.91. The zero-order valence-corrected chi connectivity index (χ0v) is 10.5. The van der Waals surface area contributed by atoms with Gasteiger partial charge in [0.25, 0.3) is 0 Å². The molecular weight excluding hydrogens is 188 g/mol. The fourth-order valence-electron chi connectivity index (χ4n) is 1.54. The van der Waals surface area contributed by atoms with Gasteiger partial charge in [-0.1, -0.05) is 27.2 Å². The quantitative estimate of drug-likeness (QED) is 0.434. The largest absolute Gasteiger partial charge is 0.381 e. The van der Waals surface area contributed by atoms with Crippen LogP contribution in [0.5, 0.6) is 0 Å². The van der Waals surface area contributed by atoms with E-state index < -0.39 is 0 Å². The van der Waals surface area contributed by atoms with Gasteiger partial charge in [-0.15, -0.1) is 0 Å². The molecule has 0 bridgehead atoms. The molecule has 1 rings (SSSR count). The van der Waals surface area contributed by atoms with E-state index in [1.807, 2.05) is 0 Å². The van der Waals surface area contributed by atoms with E-state index in [2.05, 4.69) is 20.8 Å². The Balaban J connectivity index is 1.84. The standard InChI is InChI=1S/C13H26O2/c1-4-11(2)9-14-8-7-12(3)5-6-13-10-15-13/h11-13H,4-10H2,1-3H3. The Morgan fingerprint density at radius 3 is 2.60 bits per heavy atom. The molecule has 3 unspecified atom stereocenters. The molecule has 1 heterocycles. The van der Waals surface area contributed by atoms with Gasteiger partial charge in [0.2, 0.25) is 0 Å². The van der Waals surface area contributed by atoms with Crippen LogP contribution >= 0.6 is 0 Å². The van der Waals surface area contributed by atoms with Gasteiger partial charge >= 0.3 is 0 Å². The SMILES string of the molecule is CCC(C)COCCC(C)CCC1CO1. The summed E-state index contributed by atoms with van der Waals surface area (Å²) in [5, 5.41) is 0. The molecule has 0 aromatic carbocycles. The first-order chi connectivity index (χ1) is 7.22. The second-order valence-corrected chi connectivity index (χ2v) is 5.01. The van der Waals surface area contributed by atoms with Gasteiger partial charge < -0.3 is 9.47 Å². The van der Waals surface area contributed by atoms with Gasteiger partial charge in [0.1, 0.15) is 0 Å². The van der Waals surface area contributed by atoms with E-state index in [-0.39, 0.29) is 0 Å². The van der Waals surface area contributed by atoms with Crippen LogP contribution in [0.4, 0.5) is 0 Å². The summed E-state index contributed by atoms with van der Waals surface area (Å²) in [5.41, 5.74) is 0. The van der Waals surface area contributed by atoms with E-state index >= 15 is 0 Å². The van der Waals surface area contributed by atoms with E-state index in [9.17, 15) is 0 Å². The zero-order chi connectivity index (χ0) is 11.1. The molecule has 0 amide bonds. The molecule has 2 heteroatoms. The highest BCUT2D eigenvalue weighted by molar-refractivity contribution is 4.70. The minimum Gasteiger partial charge on any atom is -0.381 e. The molecule has 0 spiro atoms. The highest BCUT2D eigenvalue weighted by atomic mass is 16.6. The first-order valence-electron chi connectivity index (χ1n) is 6.41. The molecule has 1 saturated heterocycles. The van der Waals surface area contributed by atoms with Crippen LogP contribution in [-0.4, -0.2) is 25.9 Å². The van der Waals surface area contributed by atoms with Gasteiger partial charge in [-0.2, -0.15) is 0 Å². The predicted molar refractivity (Wildman–Crippen MR) is 63.0 cm³/mol. The minimum atomic E-state index is 0.591. The monoisotopic (exact) mass is 214 g/mol. The lowest BCUT2D eigenvalue weighted by atomic mass is 10.0. The van der Waals surface area contributed by atoms with E-state index in [0.29, 0.717) is 12.0 Å². The second kappa shape index (κ2) is 7.24. The average Bonchev–Trinajstić information content (AvgIpc) is 3.04. The lowest BCUT2D eigenvalue weighted by Gasteiger charge is -2.12. The molecule has 0 aromatic heterocycles. The zero-order valence-electron chi connectivity index (χ0n) is 10.5. The van der Waals surface area contributed by atoms with Crippen molar-refractivity contribution in [2.24, 2.45) is 11.8 Å². The number of epoxide rings is 1. The fourth-order valence-corrected chi connectivity index (χ4v) is 1.54. The third-order valence-electron chi connectivity index (χ3n) is 3.24. The molecule has 2 nitrogen and oxygen atoms in total. The Labute approximate surface area is 94.3 Å². The normalized spacial score (nSPS) is 23.8. The van der Waals surface area contributed by atoms with Crippen LogP contribution in [0.15, 0.2) is 0 Å². The van der Waals surface area contributed by atoms with E-state index in [1.165, 1.54) is 25.7 Å². The first kappa shape index (κ1) is 13.0. The lowest BCUT2D eigenvalue weighted by molar-refractivity contribution is 0.0924. The second-order valence-electron chi connectivity index (χ2n) is 5.01. The molecule has 0 aromatic rings. The van der Waals surface area contributed by atoms with Crippen molar-refractivity contribution in [1.29, 1.82) is 0 Å². The van der Waals surface area contributed by atoms with Gasteiger partial charge in [0.15, 0.2) is 0 Å². The summed E-state index contributed by atoms with van der Waals surface area (Å²) in [7, 11) is 0. The molecule has 90 valence electrons. The molecule has 0 radical (unpaired) electrons. The van der Waals surface area contributed by atoms with E-state index in [1.54, 1.807) is 0 Å². The maximum absolute atomic E-state index is 5.65. The maximum atomic E-state index is 5.65. The average molecular weight is 214 g/mol. The van der Waals surface area contributed by atoms with Crippen molar-refractivity contribution in [3.8, 4) is 0 Å². The van der Waals surface area contributed by atoms with Crippen molar-refractivity contribution >= 4 is 0 Å². The molecule has 1 fully saturated rings. The van der Waals surface area contributed by atoms with Gasteiger partial charge in [-0.3, -0.25) is 0 Å². The van der Waals surface area contributed by atoms with Crippen LogP contribution in [0, 0.1) is 11.8 Å². The molecule has 0 saturated carbocycles. The van der Waals surface area contributed by atoms with Crippen molar-refractivity contribution in [3.05, 3.63) is 0 Å². The summed E-state index contributed by atoms with van der Waals surface area (Å²) in [6.07, 6.45) is 5.54. The summed E-state index contributed by atoms with van der Waals surface area (Å²) < 4.78 is 10.8. The molecule has 3 atom stereocenters. The van der Waals surface area contributed by atoms with E-state index in [0.717, 1.165) is 25.7 Å². The fraction of sp³-hybridized carbons (Fsp3) is 1.00. The van der Waals surface area contributed by atoms with Gasteiger partial charge in [0.05, 0.1) is 12.7 Å². The van der Waals surface area contributed by atoms with Crippen LogP contribution in [-0.2, 0) is 9.47 Å². The number of ether oxygens (including phenoxy) is 2. The van der Waals surface area contributed by atoms with Crippen LogP contribution in [0.2, 0.25) is 0 Å². The third-order valence-corrected chi connectivity index (χ3v) is 3.24. The molecule has 1 aliphatic heterocycles. The number of rotatable bonds is 9. The number of hydrogen-bond acceptors (Lipinski definition) is 2. The summed E-state index contributed by atoms with van der Waals surface area (Å²) in [4.78, 5) is 0. The number of hydrogen-bond donors (Lipinski definition) is 0. The molecule has 1 aliphatic rings. The van der Waals surface area contributed by atoms with Gasteiger partial charge in [-0.05, 0) is 31.1 Å². The Morgan fingerprint density at radius 2 is 2.00 bits per heavy atom. The molecule has 15 heavy (non-hydrogen) atoms. The minimum absolute atomic E-state index is 0.591. The van der Waals surface area contributed by atoms with Crippen LogP contribution in [0.1, 0.15) is 46.5 Å². The van der Waals surface area contributed by atoms with Crippen LogP contribution < -0.4 is 0 Å². The lowest BCUT2D eigenvalue weighted by Crippen LogP contribution is -2.08. The van der Waals surface area contributed by atoms with Gasteiger partial charge in [0, 0.05) is 13.2 Å². The first-order valence-corrected chi connectivity index (χ1v) is 6.41. The summed E-state index contributed by atoms with van der Waals surface area (Å²) in [5.74, 6) is 1.49. The molecule has 0 aliphatic carbocycles. The smallest absolute Gasteiger partial charge is 0.0810 e. The van der Waals surface area contributed by atoms with Crippen molar-refractivity contribution in [2.45, 2.75) is 52.6 Å². The molecule has 0 N–H and O–H groups in total. The van der Waals surface area contributed by atoms with Crippen LogP contribution in [0.25, 0.3) is 0 Å². The summed E-state index contributed by atoms with van der Waals surface area (Å²) in [6.45, 7) is 9.62. The summed E-state index contributed by atoms with van der Waals surface area (Å²) in [6, 6.07) is 0. The Kier molecular flexibility index (Phi) is 6.26. The van der Waals surface area contributed by atoms with Crippen LogP contribution in [0.3, 0.4) is 0 Å². The highest BCUT2D eigenvalue weighted by Gasteiger charge is 2.22. The van der Waals surface area contributed by atoms with Crippen molar-refractivity contribution in [3.63, 3.8) is 0 Å². The predicted octanol–water partition coefficient (Wildman–Crippen LogP) is 3.25. The van der Waals surface area contributed by atoms with Crippen molar-refractivity contribution in [2.75, 3.05) is 19.8 Å². The topological polar surface area (TPSA) is 21.8 Å². The van der Waals surface area contributed by atoms with Crippen molar-refractivity contribution < 1.29 is 9.47 Å². The Hall–Kier alpha value is -0.0800. The highest BCUT2D eigenvalue weighted by Crippen LogP contribution is 2.20. The summed E-state index contributed by atoms with van der Waals surface area (Å²) >= 11 is 0. The maximum Gasteiger partial charge on any atom is 0.0810 e. The van der Waals surface area contributed by atoms with Gasteiger partial charge in [-0.25, -0.2) is 0 Å². The Bertz CT molecular complexity index is 155.